The summed E-state index contributed by atoms with van der Waals surface area (Å²) in [5.41, 5.74) is -0.512. The molecule has 0 bridgehead atoms. The van der Waals surface area contributed by atoms with Crippen molar-refractivity contribution in [2.75, 3.05) is 12.4 Å². The molecule has 0 amide bonds. The third-order valence-corrected chi connectivity index (χ3v) is 2.69. The predicted molar refractivity (Wildman–Crippen MR) is 70.2 cm³/mol. The SMILES string of the molecule is COc1ccc(Nc2cc(C(F)(F)F)cnc2C#N)cc1. The molecule has 0 atom stereocenters. The topological polar surface area (TPSA) is 57.9 Å². The number of aromatic nitrogens is 1. The van der Waals surface area contributed by atoms with Crippen molar-refractivity contribution in [3.63, 3.8) is 0 Å². The standard InChI is InChI=1S/C14H10F3N3O/c1-21-11-4-2-10(3-5-11)20-12-6-9(14(15,16)17)8-19-13(12)7-18/h2-6,8,20H,1H3. The number of benzene rings is 1. The van der Waals surface area contributed by atoms with E-state index in [0.29, 0.717) is 17.6 Å². The van der Waals surface area contributed by atoms with E-state index in [2.05, 4.69) is 10.3 Å². The van der Waals surface area contributed by atoms with Gasteiger partial charge in [0.05, 0.1) is 18.4 Å². The summed E-state index contributed by atoms with van der Waals surface area (Å²) in [7, 11) is 1.51. The van der Waals surface area contributed by atoms with Crippen LogP contribution in [0.15, 0.2) is 36.5 Å². The molecule has 108 valence electrons. The van der Waals surface area contributed by atoms with Crippen LogP contribution >= 0.6 is 0 Å². The summed E-state index contributed by atoms with van der Waals surface area (Å²) in [5.74, 6) is 0.614. The lowest BCUT2D eigenvalue weighted by Crippen LogP contribution is -2.07. The summed E-state index contributed by atoms with van der Waals surface area (Å²) in [4.78, 5) is 3.53. The maximum absolute atomic E-state index is 12.7. The number of rotatable bonds is 3. The fraction of sp³-hybridized carbons (Fsp3) is 0.143. The van der Waals surface area contributed by atoms with Crippen molar-refractivity contribution in [2.45, 2.75) is 6.18 Å². The predicted octanol–water partition coefficient (Wildman–Crippen LogP) is 3.72. The highest BCUT2D eigenvalue weighted by Gasteiger charge is 2.31. The average molecular weight is 293 g/mol. The monoisotopic (exact) mass is 293 g/mol. The number of ether oxygens (including phenoxy) is 1. The molecule has 0 fully saturated rings. The van der Waals surface area contributed by atoms with Crippen molar-refractivity contribution < 1.29 is 17.9 Å². The van der Waals surface area contributed by atoms with E-state index in [1.165, 1.54) is 7.11 Å². The maximum atomic E-state index is 12.7. The minimum Gasteiger partial charge on any atom is -0.497 e. The van der Waals surface area contributed by atoms with E-state index in [-0.39, 0.29) is 11.4 Å². The van der Waals surface area contributed by atoms with Gasteiger partial charge in [-0.3, -0.25) is 0 Å². The van der Waals surface area contributed by atoms with E-state index in [0.717, 1.165) is 6.07 Å². The lowest BCUT2D eigenvalue weighted by atomic mass is 10.2. The van der Waals surface area contributed by atoms with Gasteiger partial charge in [-0.05, 0) is 30.3 Å². The van der Waals surface area contributed by atoms with Gasteiger partial charge in [-0.15, -0.1) is 0 Å². The number of nitrogens with one attached hydrogen (secondary N) is 1. The van der Waals surface area contributed by atoms with Crippen LogP contribution in [0.2, 0.25) is 0 Å². The molecule has 0 saturated carbocycles. The number of hydrogen-bond acceptors (Lipinski definition) is 4. The number of nitrogens with zero attached hydrogens (tertiary/aromatic N) is 2. The first-order valence-corrected chi connectivity index (χ1v) is 5.82. The molecule has 0 aliphatic rings. The van der Waals surface area contributed by atoms with Gasteiger partial charge in [0.2, 0.25) is 0 Å². The Hall–Kier alpha value is -2.75. The quantitative estimate of drug-likeness (QED) is 0.937. The van der Waals surface area contributed by atoms with E-state index in [9.17, 15) is 13.2 Å². The van der Waals surface area contributed by atoms with Crippen molar-refractivity contribution in [1.82, 2.24) is 4.98 Å². The summed E-state index contributed by atoms with van der Waals surface area (Å²) in [6, 6.07) is 9.16. The van der Waals surface area contributed by atoms with Crippen LogP contribution in [0.3, 0.4) is 0 Å². The molecule has 4 nitrogen and oxygen atoms in total. The Morgan fingerprint density at radius 2 is 1.90 bits per heavy atom. The Labute approximate surface area is 118 Å². The third-order valence-electron chi connectivity index (χ3n) is 2.69. The second-order valence-electron chi connectivity index (χ2n) is 4.08. The minimum atomic E-state index is -4.52. The molecule has 21 heavy (non-hydrogen) atoms. The summed E-state index contributed by atoms with van der Waals surface area (Å²) in [6.07, 6.45) is -3.88. The van der Waals surface area contributed by atoms with Gasteiger partial charge in [-0.1, -0.05) is 0 Å². The molecule has 0 radical (unpaired) electrons. The Kier molecular flexibility index (Phi) is 3.98. The number of methoxy groups -OCH3 is 1. The van der Waals surface area contributed by atoms with Crippen molar-refractivity contribution in [3.8, 4) is 11.8 Å². The zero-order chi connectivity index (χ0) is 15.5. The van der Waals surface area contributed by atoms with Gasteiger partial charge >= 0.3 is 6.18 Å². The molecule has 2 aromatic rings. The van der Waals surface area contributed by atoms with Gasteiger partial charge in [0.25, 0.3) is 0 Å². The highest BCUT2D eigenvalue weighted by Crippen LogP contribution is 2.32. The second-order valence-corrected chi connectivity index (χ2v) is 4.08. The van der Waals surface area contributed by atoms with E-state index in [1.807, 2.05) is 0 Å². The van der Waals surface area contributed by atoms with Crippen LogP contribution < -0.4 is 10.1 Å². The third kappa shape index (κ3) is 3.42. The molecule has 1 aromatic carbocycles. The summed E-state index contributed by atoms with van der Waals surface area (Å²) in [6.45, 7) is 0. The van der Waals surface area contributed by atoms with Crippen LogP contribution in [0, 0.1) is 11.3 Å². The lowest BCUT2D eigenvalue weighted by Gasteiger charge is -2.12. The molecule has 1 N–H and O–H groups in total. The molecule has 1 aromatic heterocycles. The van der Waals surface area contributed by atoms with E-state index in [4.69, 9.17) is 10.00 Å². The smallest absolute Gasteiger partial charge is 0.417 e. The second kappa shape index (κ2) is 5.71. The van der Waals surface area contributed by atoms with Gasteiger partial charge in [-0.25, -0.2) is 4.98 Å². The zero-order valence-corrected chi connectivity index (χ0v) is 10.9. The molecule has 1 heterocycles. The molecule has 0 saturated heterocycles. The fourth-order valence-corrected chi connectivity index (χ4v) is 1.63. The number of nitriles is 1. The molecular formula is C14H10F3N3O. The first-order chi connectivity index (χ1) is 9.94. The highest BCUT2D eigenvalue weighted by atomic mass is 19.4. The van der Waals surface area contributed by atoms with Gasteiger partial charge in [0.1, 0.15) is 11.8 Å². The number of halogens is 3. The van der Waals surface area contributed by atoms with Crippen molar-refractivity contribution in [2.24, 2.45) is 0 Å². The van der Waals surface area contributed by atoms with Crippen molar-refractivity contribution >= 4 is 11.4 Å². The zero-order valence-electron chi connectivity index (χ0n) is 10.9. The van der Waals surface area contributed by atoms with Crippen LogP contribution in [0.4, 0.5) is 24.5 Å². The normalized spacial score (nSPS) is 10.8. The molecule has 0 spiro atoms. The Balaban J connectivity index is 2.35. The van der Waals surface area contributed by atoms with Crippen LogP contribution in [-0.4, -0.2) is 12.1 Å². The number of anilines is 2. The summed E-state index contributed by atoms with van der Waals surface area (Å²) in [5, 5.41) is 11.7. The first kappa shape index (κ1) is 14.7. The molecule has 0 aliphatic heterocycles. The minimum absolute atomic E-state index is 0.00232. The Morgan fingerprint density at radius 3 is 2.43 bits per heavy atom. The number of pyridine rings is 1. The van der Waals surface area contributed by atoms with Gasteiger partial charge < -0.3 is 10.1 Å². The van der Waals surface area contributed by atoms with Gasteiger partial charge in [0.15, 0.2) is 5.69 Å². The molecule has 0 aliphatic carbocycles. The first-order valence-electron chi connectivity index (χ1n) is 5.82. The fourth-order valence-electron chi connectivity index (χ4n) is 1.63. The summed E-state index contributed by atoms with van der Waals surface area (Å²) >= 11 is 0. The number of hydrogen-bond donors (Lipinski definition) is 1. The molecule has 7 heteroatoms. The molecule has 2 rings (SSSR count). The van der Waals surface area contributed by atoms with Crippen LogP contribution in [-0.2, 0) is 6.18 Å². The van der Waals surface area contributed by atoms with Crippen molar-refractivity contribution in [3.05, 3.63) is 47.8 Å². The molecular weight excluding hydrogens is 283 g/mol. The largest absolute Gasteiger partial charge is 0.497 e. The number of alkyl halides is 3. The Bertz CT molecular complexity index is 675. The van der Waals surface area contributed by atoms with Crippen LogP contribution in [0.5, 0.6) is 5.75 Å². The van der Waals surface area contributed by atoms with E-state index >= 15 is 0 Å². The highest BCUT2D eigenvalue weighted by molar-refractivity contribution is 5.65. The average Bonchev–Trinajstić information content (AvgIpc) is 2.47. The Morgan fingerprint density at radius 1 is 1.24 bits per heavy atom. The van der Waals surface area contributed by atoms with E-state index in [1.54, 1.807) is 30.3 Å². The lowest BCUT2D eigenvalue weighted by molar-refractivity contribution is -0.137. The van der Waals surface area contributed by atoms with Crippen LogP contribution in [0.1, 0.15) is 11.3 Å². The van der Waals surface area contributed by atoms with Crippen LogP contribution in [0.25, 0.3) is 0 Å². The van der Waals surface area contributed by atoms with Crippen molar-refractivity contribution in [1.29, 1.82) is 5.26 Å². The molecule has 0 unspecified atom stereocenters. The van der Waals surface area contributed by atoms with E-state index < -0.39 is 11.7 Å². The van der Waals surface area contributed by atoms with Gasteiger partial charge in [0, 0.05) is 11.9 Å². The van der Waals surface area contributed by atoms with Gasteiger partial charge in [-0.2, -0.15) is 18.4 Å². The summed E-state index contributed by atoms with van der Waals surface area (Å²) < 4.78 is 43.0. The maximum Gasteiger partial charge on any atom is 0.417 e.